The molecule has 134 valence electrons. The van der Waals surface area contributed by atoms with Crippen LogP contribution < -0.4 is 0 Å². The summed E-state index contributed by atoms with van der Waals surface area (Å²) in [5.41, 5.74) is 1.81. The largest absolute Gasteiger partial charge is 0.438 e. The number of oxazole rings is 1. The van der Waals surface area contributed by atoms with Gasteiger partial charge in [-0.3, -0.25) is 4.79 Å². The van der Waals surface area contributed by atoms with E-state index in [1.165, 1.54) is 24.9 Å². The first-order valence-corrected chi connectivity index (χ1v) is 8.98. The van der Waals surface area contributed by atoms with E-state index in [2.05, 4.69) is 14.5 Å². The maximum absolute atomic E-state index is 12.7. The maximum Gasteiger partial charge on any atom is 0.292 e. The van der Waals surface area contributed by atoms with E-state index >= 15 is 0 Å². The zero-order valence-corrected chi connectivity index (χ0v) is 14.8. The van der Waals surface area contributed by atoms with Crippen LogP contribution in [-0.4, -0.2) is 45.1 Å². The molecule has 7 heteroatoms. The number of amides is 1. The van der Waals surface area contributed by atoms with Crippen LogP contribution in [0, 0.1) is 12.8 Å². The van der Waals surface area contributed by atoms with E-state index in [0.717, 1.165) is 37.9 Å². The molecule has 0 bridgehead atoms. The maximum atomic E-state index is 12.7. The van der Waals surface area contributed by atoms with Crippen molar-refractivity contribution < 1.29 is 13.9 Å². The predicted molar refractivity (Wildman–Crippen MR) is 90.2 cm³/mol. The zero-order valence-electron chi connectivity index (χ0n) is 14.8. The first kappa shape index (κ1) is 16.3. The SMILES string of the molecule is Cc1ncoc1C(=O)N1CCn2c(CCOCC3CC3)cnc2C1C. The molecule has 1 aliphatic heterocycles. The third-order valence-corrected chi connectivity index (χ3v) is 5.13. The summed E-state index contributed by atoms with van der Waals surface area (Å²) in [5, 5.41) is 0. The number of carbonyl (C=O) groups is 1. The van der Waals surface area contributed by atoms with Crippen LogP contribution in [-0.2, 0) is 17.7 Å². The van der Waals surface area contributed by atoms with Crippen molar-refractivity contribution in [3.63, 3.8) is 0 Å². The molecule has 2 aliphatic rings. The standard InChI is InChI=1S/C18H24N4O3/c1-12-16(25-11-20-12)18(23)21-6-7-22-15(9-19-17(22)13(21)2)5-8-24-10-14-3-4-14/h9,11,13-14H,3-8,10H2,1-2H3. The Kier molecular flexibility index (Phi) is 4.33. The van der Waals surface area contributed by atoms with E-state index in [4.69, 9.17) is 9.15 Å². The zero-order chi connectivity index (χ0) is 17.4. The van der Waals surface area contributed by atoms with Gasteiger partial charge in [-0.05, 0) is 32.6 Å². The summed E-state index contributed by atoms with van der Waals surface area (Å²) in [4.78, 5) is 23.1. The lowest BCUT2D eigenvalue weighted by Gasteiger charge is -2.34. The Balaban J connectivity index is 1.43. The summed E-state index contributed by atoms with van der Waals surface area (Å²) in [6, 6.07) is -0.0908. The molecule has 1 aliphatic carbocycles. The molecule has 0 N–H and O–H groups in total. The van der Waals surface area contributed by atoms with E-state index < -0.39 is 0 Å². The van der Waals surface area contributed by atoms with Gasteiger partial charge >= 0.3 is 0 Å². The smallest absolute Gasteiger partial charge is 0.292 e. The number of aryl methyl sites for hydroxylation is 1. The van der Waals surface area contributed by atoms with Crippen LogP contribution in [0.15, 0.2) is 17.0 Å². The molecule has 1 fully saturated rings. The molecule has 1 saturated carbocycles. The molecular weight excluding hydrogens is 320 g/mol. The lowest BCUT2D eigenvalue weighted by atomic mass is 10.1. The summed E-state index contributed by atoms with van der Waals surface area (Å²) < 4.78 is 13.2. The van der Waals surface area contributed by atoms with E-state index in [1.807, 2.05) is 18.0 Å². The van der Waals surface area contributed by atoms with Crippen molar-refractivity contribution in [3.8, 4) is 0 Å². The average Bonchev–Trinajstić information content (AvgIpc) is 3.18. The van der Waals surface area contributed by atoms with E-state index in [1.54, 1.807) is 6.92 Å². The summed E-state index contributed by atoms with van der Waals surface area (Å²) in [6.45, 7) is 6.79. The quantitative estimate of drug-likeness (QED) is 0.752. The van der Waals surface area contributed by atoms with Crippen LogP contribution in [0.4, 0.5) is 0 Å². The molecular formula is C18H24N4O3. The van der Waals surface area contributed by atoms with Gasteiger partial charge in [0.25, 0.3) is 5.91 Å². The van der Waals surface area contributed by atoms with Crippen molar-refractivity contribution in [2.75, 3.05) is 19.8 Å². The molecule has 1 amide bonds. The minimum absolute atomic E-state index is 0.0908. The fraction of sp³-hybridized carbons (Fsp3) is 0.611. The Morgan fingerprint density at radius 1 is 1.36 bits per heavy atom. The number of hydrogen-bond donors (Lipinski definition) is 0. The second kappa shape index (κ2) is 6.63. The fourth-order valence-electron chi connectivity index (χ4n) is 3.39. The first-order valence-electron chi connectivity index (χ1n) is 8.98. The minimum atomic E-state index is -0.119. The Morgan fingerprint density at radius 3 is 2.92 bits per heavy atom. The van der Waals surface area contributed by atoms with Crippen LogP contribution in [0.1, 0.15) is 53.6 Å². The Morgan fingerprint density at radius 2 is 2.20 bits per heavy atom. The minimum Gasteiger partial charge on any atom is -0.438 e. The molecule has 0 aromatic carbocycles. The lowest BCUT2D eigenvalue weighted by molar-refractivity contribution is 0.0601. The van der Waals surface area contributed by atoms with Crippen LogP contribution in [0.5, 0.6) is 0 Å². The molecule has 1 unspecified atom stereocenters. The second-order valence-corrected chi connectivity index (χ2v) is 6.97. The second-order valence-electron chi connectivity index (χ2n) is 6.97. The van der Waals surface area contributed by atoms with Gasteiger partial charge < -0.3 is 18.6 Å². The Hall–Kier alpha value is -2.15. The average molecular weight is 344 g/mol. The highest BCUT2D eigenvalue weighted by Crippen LogP contribution is 2.29. The molecule has 0 saturated heterocycles. The van der Waals surface area contributed by atoms with Gasteiger partial charge in [0, 0.05) is 38.0 Å². The van der Waals surface area contributed by atoms with Crippen molar-refractivity contribution in [2.24, 2.45) is 5.92 Å². The number of ether oxygens (including phenoxy) is 1. The Bertz CT molecular complexity index is 762. The lowest BCUT2D eigenvalue weighted by Crippen LogP contribution is -2.41. The van der Waals surface area contributed by atoms with Gasteiger partial charge in [0.15, 0.2) is 6.39 Å². The van der Waals surface area contributed by atoms with Crippen LogP contribution in [0.2, 0.25) is 0 Å². The van der Waals surface area contributed by atoms with Gasteiger partial charge in [0.1, 0.15) is 5.82 Å². The predicted octanol–water partition coefficient (Wildman–Crippen LogP) is 2.37. The van der Waals surface area contributed by atoms with Gasteiger partial charge in [0.2, 0.25) is 5.76 Å². The number of carbonyl (C=O) groups excluding carboxylic acids is 1. The molecule has 0 radical (unpaired) electrons. The summed E-state index contributed by atoms with van der Waals surface area (Å²) in [5.74, 6) is 1.92. The van der Waals surface area contributed by atoms with Crippen molar-refractivity contribution in [2.45, 2.75) is 45.7 Å². The number of imidazole rings is 1. The highest BCUT2D eigenvalue weighted by molar-refractivity contribution is 5.92. The normalized spacial score (nSPS) is 19.9. The van der Waals surface area contributed by atoms with Crippen molar-refractivity contribution in [1.29, 1.82) is 0 Å². The first-order chi connectivity index (χ1) is 12.1. The monoisotopic (exact) mass is 344 g/mol. The van der Waals surface area contributed by atoms with Gasteiger partial charge in [-0.2, -0.15) is 0 Å². The highest BCUT2D eigenvalue weighted by atomic mass is 16.5. The molecule has 0 spiro atoms. The van der Waals surface area contributed by atoms with E-state index in [0.29, 0.717) is 18.0 Å². The van der Waals surface area contributed by atoms with Crippen molar-refractivity contribution in [3.05, 3.63) is 35.6 Å². The fourth-order valence-corrected chi connectivity index (χ4v) is 3.39. The van der Waals surface area contributed by atoms with Gasteiger partial charge in [-0.1, -0.05) is 0 Å². The van der Waals surface area contributed by atoms with E-state index in [9.17, 15) is 4.79 Å². The Labute approximate surface area is 147 Å². The van der Waals surface area contributed by atoms with E-state index in [-0.39, 0.29) is 11.9 Å². The number of hydrogen-bond acceptors (Lipinski definition) is 5. The van der Waals surface area contributed by atoms with Crippen LogP contribution >= 0.6 is 0 Å². The summed E-state index contributed by atoms with van der Waals surface area (Å²) in [7, 11) is 0. The van der Waals surface area contributed by atoms with Crippen LogP contribution in [0.3, 0.4) is 0 Å². The topological polar surface area (TPSA) is 73.4 Å². The molecule has 7 nitrogen and oxygen atoms in total. The number of fused-ring (bicyclic) bond motifs is 1. The van der Waals surface area contributed by atoms with Gasteiger partial charge in [-0.15, -0.1) is 0 Å². The number of rotatable bonds is 6. The summed E-state index contributed by atoms with van der Waals surface area (Å²) in [6.07, 6.45) is 6.72. The number of nitrogens with zero attached hydrogens (tertiary/aromatic N) is 4. The molecule has 1 atom stereocenters. The van der Waals surface area contributed by atoms with Gasteiger partial charge in [-0.25, -0.2) is 9.97 Å². The van der Waals surface area contributed by atoms with Gasteiger partial charge in [0.05, 0.1) is 18.3 Å². The molecule has 2 aromatic rings. The van der Waals surface area contributed by atoms with Crippen molar-refractivity contribution >= 4 is 5.91 Å². The summed E-state index contributed by atoms with van der Waals surface area (Å²) >= 11 is 0. The molecule has 25 heavy (non-hydrogen) atoms. The van der Waals surface area contributed by atoms with Crippen LogP contribution in [0.25, 0.3) is 0 Å². The highest BCUT2D eigenvalue weighted by Gasteiger charge is 2.33. The molecule has 4 rings (SSSR count). The number of aromatic nitrogens is 3. The van der Waals surface area contributed by atoms with Crippen molar-refractivity contribution in [1.82, 2.24) is 19.4 Å². The molecule has 3 heterocycles. The third kappa shape index (κ3) is 3.20. The third-order valence-electron chi connectivity index (χ3n) is 5.13. The molecule has 2 aromatic heterocycles.